The Balaban J connectivity index is 1.93. The number of pyridine rings is 1. The third kappa shape index (κ3) is 5.57. The minimum Gasteiger partial charge on any atom is -0.492 e. The van der Waals surface area contributed by atoms with Crippen LogP contribution in [-0.4, -0.2) is 30.0 Å². The smallest absolute Gasteiger partial charge is 0.255 e. The summed E-state index contributed by atoms with van der Waals surface area (Å²) < 4.78 is 24.8. The van der Waals surface area contributed by atoms with Crippen LogP contribution < -0.4 is 20.1 Å². The Bertz CT molecular complexity index is 1070. The summed E-state index contributed by atoms with van der Waals surface area (Å²) in [6.45, 7) is 4.26. The van der Waals surface area contributed by atoms with Gasteiger partial charge >= 0.3 is 0 Å². The van der Waals surface area contributed by atoms with Crippen molar-refractivity contribution in [2.24, 2.45) is 0 Å². The zero-order valence-corrected chi connectivity index (χ0v) is 17.1. The number of hydrogen-bond acceptors (Lipinski definition) is 5. The summed E-state index contributed by atoms with van der Waals surface area (Å²) in [5, 5.41) is 5.51. The largest absolute Gasteiger partial charge is 0.492 e. The minimum absolute atomic E-state index is 0.162. The van der Waals surface area contributed by atoms with Crippen LogP contribution in [0, 0.1) is 5.82 Å². The lowest BCUT2D eigenvalue weighted by Gasteiger charge is -2.18. The van der Waals surface area contributed by atoms with E-state index in [1.807, 2.05) is 0 Å². The van der Waals surface area contributed by atoms with Crippen LogP contribution in [0.3, 0.4) is 0 Å². The van der Waals surface area contributed by atoms with Gasteiger partial charge in [-0.05, 0) is 44.2 Å². The molecule has 2 N–H and O–H groups in total. The number of hydrogen-bond donors (Lipinski definition) is 2. The van der Waals surface area contributed by atoms with Crippen molar-refractivity contribution in [1.29, 1.82) is 0 Å². The zero-order valence-electron chi connectivity index (χ0n) is 17.1. The van der Waals surface area contributed by atoms with E-state index in [0.29, 0.717) is 41.7 Å². The number of ether oxygens (including phenoxy) is 2. The van der Waals surface area contributed by atoms with Crippen LogP contribution in [0.2, 0.25) is 0 Å². The number of anilines is 2. The fourth-order valence-electron chi connectivity index (χ4n) is 2.83. The Kier molecular flexibility index (Phi) is 7.16. The highest BCUT2D eigenvalue weighted by molar-refractivity contribution is 6.07. The first kappa shape index (κ1) is 21.8. The van der Waals surface area contributed by atoms with E-state index in [4.69, 9.17) is 9.47 Å². The Hall–Kier alpha value is -3.94. The van der Waals surface area contributed by atoms with E-state index in [9.17, 15) is 14.0 Å². The van der Waals surface area contributed by atoms with Crippen LogP contribution in [-0.2, 0) is 0 Å². The maximum Gasteiger partial charge on any atom is 0.255 e. The van der Waals surface area contributed by atoms with Crippen LogP contribution in [0.5, 0.6) is 11.5 Å². The fraction of sp³-hybridized carbons (Fsp3) is 0.174. The van der Waals surface area contributed by atoms with Crippen molar-refractivity contribution < 1.29 is 23.5 Å². The molecule has 0 fully saturated rings. The first-order valence-corrected chi connectivity index (χ1v) is 9.73. The second-order valence-corrected chi connectivity index (χ2v) is 6.37. The molecule has 0 aliphatic heterocycles. The molecule has 0 saturated heterocycles. The molecule has 0 bridgehead atoms. The van der Waals surface area contributed by atoms with E-state index in [1.54, 1.807) is 38.1 Å². The van der Waals surface area contributed by atoms with Crippen molar-refractivity contribution in [2.45, 2.75) is 13.8 Å². The van der Waals surface area contributed by atoms with Gasteiger partial charge in [-0.3, -0.25) is 14.6 Å². The molecule has 8 heteroatoms. The van der Waals surface area contributed by atoms with Gasteiger partial charge < -0.3 is 20.1 Å². The number of benzene rings is 2. The molecule has 0 unspecified atom stereocenters. The first-order valence-electron chi connectivity index (χ1n) is 9.73. The average molecular weight is 423 g/mol. The Morgan fingerprint density at radius 1 is 0.839 bits per heavy atom. The van der Waals surface area contributed by atoms with Gasteiger partial charge in [-0.1, -0.05) is 6.07 Å². The van der Waals surface area contributed by atoms with Gasteiger partial charge in [0.2, 0.25) is 0 Å². The van der Waals surface area contributed by atoms with Gasteiger partial charge in [0.25, 0.3) is 11.8 Å². The Labute approximate surface area is 179 Å². The SMILES string of the molecule is CCOc1cc(NC(=O)c2cccc(F)c2)c(OCC)cc1NC(=O)c1ccncc1. The molecule has 0 atom stereocenters. The number of halogens is 1. The first-order chi connectivity index (χ1) is 15.0. The van der Waals surface area contributed by atoms with Crippen molar-refractivity contribution >= 4 is 23.2 Å². The molecule has 2 amide bonds. The number of carbonyl (C=O) groups is 2. The Morgan fingerprint density at radius 2 is 1.39 bits per heavy atom. The third-order valence-corrected chi connectivity index (χ3v) is 4.21. The monoisotopic (exact) mass is 423 g/mol. The van der Waals surface area contributed by atoms with Gasteiger partial charge in [0.05, 0.1) is 24.6 Å². The summed E-state index contributed by atoms with van der Waals surface area (Å²) >= 11 is 0. The molecule has 0 spiro atoms. The van der Waals surface area contributed by atoms with Gasteiger partial charge in [0.1, 0.15) is 17.3 Å². The molecule has 0 saturated carbocycles. The van der Waals surface area contributed by atoms with Crippen molar-refractivity contribution in [2.75, 3.05) is 23.8 Å². The summed E-state index contributed by atoms with van der Waals surface area (Å²) in [5.74, 6) is -0.677. The lowest BCUT2D eigenvalue weighted by Crippen LogP contribution is -2.16. The summed E-state index contributed by atoms with van der Waals surface area (Å²) in [5.41, 5.74) is 1.31. The van der Waals surface area contributed by atoms with Crippen LogP contribution in [0.4, 0.5) is 15.8 Å². The lowest BCUT2D eigenvalue weighted by molar-refractivity contribution is 0.101. The maximum atomic E-state index is 13.5. The number of carbonyl (C=O) groups excluding carboxylic acids is 2. The highest BCUT2D eigenvalue weighted by Crippen LogP contribution is 2.37. The molecule has 1 aromatic heterocycles. The molecule has 0 radical (unpaired) electrons. The molecule has 31 heavy (non-hydrogen) atoms. The highest BCUT2D eigenvalue weighted by Gasteiger charge is 2.17. The molecule has 3 aromatic rings. The van der Waals surface area contributed by atoms with Crippen molar-refractivity contribution in [1.82, 2.24) is 4.98 Å². The van der Waals surface area contributed by atoms with E-state index >= 15 is 0 Å². The number of amides is 2. The van der Waals surface area contributed by atoms with Crippen LogP contribution >= 0.6 is 0 Å². The van der Waals surface area contributed by atoms with Gasteiger partial charge in [0.15, 0.2) is 0 Å². The summed E-state index contributed by atoms with van der Waals surface area (Å²) in [6.07, 6.45) is 3.05. The van der Waals surface area contributed by atoms with Crippen LogP contribution in [0.15, 0.2) is 60.9 Å². The van der Waals surface area contributed by atoms with E-state index < -0.39 is 11.7 Å². The third-order valence-electron chi connectivity index (χ3n) is 4.21. The van der Waals surface area contributed by atoms with E-state index in [2.05, 4.69) is 15.6 Å². The van der Waals surface area contributed by atoms with Gasteiger partial charge in [-0.25, -0.2) is 4.39 Å². The fourth-order valence-corrected chi connectivity index (χ4v) is 2.83. The Morgan fingerprint density at radius 3 is 1.90 bits per heavy atom. The number of nitrogens with one attached hydrogen (secondary N) is 2. The summed E-state index contributed by atoms with van der Waals surface area (Å²) in [6, 6.07) is 11.7. The van der Waals surface area contributed by atoms with Crippen LogP contribution in [0.25, 0.3) is 0 Å². The normalized spacial score (nSPS) is 10.3. The number of aromatic nitrogens is 1. The van der Waals surface area contributed by atoms with Crippen molar-refractivity contribution in [3.63, 3.8) is 0 Å². The van der Waals surface area contributed by atoms with E-state index in [0.717, 1.165) is 6.07 Å². The molecular formula is C23H22FN3O4. The maximum absolute atomic E-state index is 13.5. The van der Waals surface area contributed by atoms with Gasteiger partial charge in [0, 0.05) is 35.7 Å². The van der Waals surface area contributed by atoms with Crippen molar-refractivity contribution in [3.05, 3.63) is 77.9 Å². The molecule has 2 aromatic carbocycles. The van der Waals surface area contributed by atoms with Crippen LogP contribution in [0.1, 0.15) is 34.6 Å². The lowest BCUT2D eigenvalue weighted by atomic mass is 10.1. The van der Waals surface area contributed by atoms with E-state index in [1.165, 1.54) is 30.6 Å². The predicted molar refractivity (Wildman–Crippen MR) is 115 cm³/mol. The van der Waals surface area contributed by atoms with E-state index in [-0.39, 0.29) is 11.5 Å². The molecule has 7 nitrogen and oxygen atoms in total. The highest BCUT2D eigenvalue weighted by atomic mass is 19.1. The topological polar surface area (TPSA) is 89.5 Å². The quantitative estimate of drug-likeness (QED) is 0.556. The van der Waals surface area contributed by atoms with Gasteiger partial charge in [-0.2, -0.15) is 0 Å². The molecular weight excluding hydrogens is 401 g/mol. The second kappa shape index (κ2) is 10.2. The molecule has 160 valence electrons. The standard InChI is InChI=1S/C23H22FN3O4/c1-3-30-20-14-19(27-23(29)16-6-5-7-17(24)12-16)21(31-4-2)13-18(20)26-22(28)15-8-10-25-11-9-15/h5-14H,3-4H2,1-2H3,(H,26,28)(H,27,29). The molecule has 0 aliphatic rings. The van der Waals surface area contributed by atoms with Crippen molar-refractivity contribution in [3.8, 4) is 11.5 Å². The molecule has 3 rings (SSSR count). The average Bonchev–Trinajstić information content (AvgIpc) is 2.77. The second-order valence-electron chi connectivity index (χ2n) is 6.37. The zero-order chi connectivity index (χ0) is 22.2. The summed E-state index contributed by atoms with van der Waals surface area (Å²) in [4.78, 5) is 29.1. The molecule has 1 heterocycles. The number of nitrogens with zero attached hydrogens (tertiary/aromatic N) is 1. The summed E-state index contributed by atoms with van der Waals surface area (Å²) in [7, 11) is 0. The predicted octanol–water partition coefficient (Wildman–Crippen LogP) is 4.52. The van der Waals surface area contributed by atoms with Gasteiger partial charge in [-0.15, -0.1) is 0 Å². The number of rotatable bonds is 8. The minimum atomic E-state index is -0.512. The molecule has 0 aliphatic carbocycles.